The van der Waals surface area contributed by atoms with E-state index >= 15 is 0 Å². The van der Waals surface area contributed by atoms with E-state index in [1.54, 1.807) is 13.8 Å². The number of rotatable bonds is 6. The molecule has 0 heterocycles. The van der Waals surface area contributed by atoms with Crippen molar-refractivity contribution >= 4 is 23.1 Å². The lowest BCUT2D eigenvalue weighted by atomic mass is 9.92. The van der Waals surface area contributed by atoms with E-state index in [2.05, 4.69) is 5.32 Å². The second-order valence-electron chi connectivity index (χ2n) is 5.15. The molecule has 3 N–H and O–H groups in total. The molecule has 0 saturated carbocycles. The highest BCUT2D eigenvalue weighted by atomic mass is 16.6. The molecule has 0 saturated heterocycles. The maximum Gasteiger partial charge on any atom is 0.293 e. The van der Waals surface area contributed by atoms with Gasteiger partial charge in [0.25, 0.3) is 5.69 Å². The minimum absolute atomic E-state index is 0.155. The van der Waals surface area contributed by atoms with Crippen LogP contribution in [0.4, 0.5) is 11.4 Å². The molecule has 0 atom stereocenters. The van der Waals surface area contributed by atoms with Crippen molar-refractivity contribution in [2.45, 2.75) is 20.8 Å². The Kier molecular flexibility index (Phi) is 4.44. The molecular formula is C13H17N3O4. The van der Waals surface area contributed by atoms with Gasteiger partial charge < -0.3 is 11.1 Å². The summed E-state index contributed by atoms with van der Waals surface area (Å²) < 4.78 is 0. The van der Waals surface area contributed by atoms with E-state index in [-0.39, 0.29) is 29.3 Å². The Labute approximate surface area is 116 Å². The lowest BCUT2D eigenvalue weighted by molar-refractivity contribution is -0.384. The molecule has 0 spiro atoms. The smallest absolute Gasteiger partial charge is 0.293 e. The maximum absolute atomic E-state index is 11.2. The van der Waals surface area contributed by atoms with Crippen LogP contribution in [0.1, 0.15) is 31.1 Å². The Hall–Kier alpha value is -2.44. The minimum Gasteiger partial charge on any atom is -0.378 e. The van der Waals surface area contributed by atoms with Crippen LogP contribution in [0.5, 0.6) is 0 Å². The van der Waals surface area contributed by atoms with E-state index in [0.717, 1.165) is 0 Å². The van der Waals surface area contributed by atoms with Crippen LogP contribution in [0.2, 0.25) is 0 Å². The van der Waals surface area contributed by atoms with Crippen molar-refractivity contribution in [2.24, 2.45) is 11.1 Å². The number of nitrogens with zero attached hydrogens (tertiary/aromatic N) is 1. The van der Waals surface area contributed by atoms with E-state index in [4.69, 9.17) is 5.73 Å². The van der Waals surface area contributed by atoms with Gasteiger partial charge in [0.2, 0.25) is 5.91 Å². The van der Waals surface area contributed by atoms with Crippen molar-refractivity contribution in [1.29, 1.82) is 0 Å². The zero-order valence-electron chi connectivity index (χ0n) is 11.6. The van der Waals surface area contributed by atoms with E-state index in [9.17, 15) is 19.7 Å². The zero-order valence-corrected chi connectivity index (χ0v) is 11.6. The normalized spacial score (nSPS) is 10.9. The van der Waals surface area contributed by atoms with Crippen LogP contribution < -0.4 is 11.1 Å². The largest absolute Gasteiger partial charge is 0.378 e. The van der Waals surface area contributed by atoms with E-state index in [1.165, 1.54) is 25.1 Å². The standard InChI is InChI=1S/C13H17N3O4/c1-8(17)9-4-5-10(11(6-9)16(19)20)15-7-13(2,3)12(14)18/h4-6,15H,7H2,1-3H3,(H2,14,18). The quantitative estimate of drug-likeness (QED) is 0.467. The summed E-state index contributed by atoms with van der Waals surface area (Å²) in [6.07, 6.45) is 0. The number of nitro groups is 1. The lowest BCUT2D eigenvalue weighted by Gasteiger charge is -2.21. The first kappa shape index (κ1) is 15.6. The molecule has 1 aromatic rings. The second-order valence-corrected chi connectivity index (χ2v) is 5.15. The Morgan fingerprint density at radius 1 is 1.40 bits per heavy atom. The summed E-state index contributed by atoms with van der Waals surface area (Å²) in [4.78, 5) is 32.9. The highest BCUT2D eigenvalue weighted by Crippen LogP contribution is 2.27. The van der Waals surface area contributed by atoms with Gasteiger partial charge in [-0.15, -0.1) is 0 Å². The Balaban J connectivity index is 3.04. The van der Waals surface area contributed by atoms with Crippen molar-refractivity contribution in [3.05, 3.63) is 33.9 Å². The van der Waals surface area contributed by atoms with Gasteiger partial charge in [0, 0.05) is 18.2 Å². The summed E-state index contributed by atoms with van der Waals surface area (Å²) in [7, 11) is 0. The molecule has 0 aromatic heterocycles. The molecule has 0 bridgehead atoms. The Morgan fingerprint density at radius 2 is 2.00 bits per heavy atom. The summed E-state index contributed by atoms with van der Waals surface area (Å²) >= 11 is 0. The summed E-state index contributed by atoms with van der Waals surface area (Å²) in [6.45, 7) is 4.77. The number of primary amides is 1. The predicted octanol–water partition coefficient (Wildman–Crippen LogP) is 1.72. The minimum atomic E-state index is -0.840. The van der Waals surface area contributed by atoms with Gasteiger partial charge in [-0.25, -0.2) is 0 Å². The molecule has 1 aromatic carbocycles. The summed E-state index contributed by atoms with van der Waals surface area (Å²) in [5.41, 5.74) is 4.69. The fourth-order valence-electron chi connectivity index (χ4n) is 1.45. The van der Waals surface area contributed by atoms with Crippen LogP contribution in [-0.2, 0) is 4.79 Å². The molecule has 108 valence electrons. The fourth-order valence-corrected chi connectivity index (χ4v) is 1.45. The highest BCUT2D eigenvalue weighted by Gasteiger charge is 2.26. The van der Waals surface area contributed by atoms with Crippen LogP contribution in [0.25, 0.3) is 0 Å². The van der Waals surface area contributed by atoms with Gasteiger partial charge in [-0.2, -0.15) is 0 Å². The van der Waals surface area contributed by atoms with Crippen LogP contribution in [-0.4, -0.2) is 23.2 Å². The van der Waals surface area contributed by atoms with Crippen molar-refractivity contribution in [3.8, 4) is 0 Å². The molecule has 1 amide bonds. The molecule has 20 heavy (non-hydrogen) atoms. The summed E-state index contributed by atoms with van der Waals surface area (Å²) in [5, 5.41) is 13.8. The zero-order chi connectivity index (χ0) is 15.5. The summed E-state index contributed by atoms with van der Waals surface area (Å²) in [6, 6.07) is 4.16. The fraction of sp³-hybridized carbons (Fsp3) is 0.385. The first-order valence-corrected chi connectivity index (χ1v) is 5.98. The van der Waals surface area contributed by atoms with Crippen molar-refractivity contribution in [3.63, 3.8) is 0 Å². The molecule has 1 rings (SSSR count). The molecule has 0 aliphatic heterocycles. The third-order valence-corrected chi connectivity index (χ3v) is 2.99. The van der Waals surface area contributed by atoms with Crippen molar-refractivity contribution in [1.82, 2.24) is 0 Å². The number of hydrogen-bond acceptors (Lipinski definition) is 5. The molecule has 7 nitrogen and oxygen atoms in total. The Bertz CT molecular complexity index is 567. The van der Waals surface area contributed by atoms with Crippen LogP contribution in [0, 0.1) is 15.5 Å². The average molecular weight is 279 g/mol. The first-order valence-electron chi connectivity index (χ1n) is 5.98. The number of nitro benzene ring substituents is 1. The number of benzene rings is 1. The van der Waals surface area contributed by atoms with Gasteiger partial charge >= 0.3 is 0 Å². The molecule has 0 unspecified atom stereocenters. The van der Waals surface area contributed by atoms with Gasteiger partial charge in [0.1, 0.15) is 5.69 Å². The van der Waals surface area contributed by atoms with Crippen LogP contribution in [0.15, 0.2) is 18.2 Å². The van der Waals surface area contributed by atoms with Crippen LogP contribution >= 0.6 is 0 Å². The molecular weight excluding hydrogens is 262 g/mol. The van der Waals surface area contributed by atoms with Gasteiger partial charge in [-0.3, -0.25) is 19.7 Å². The van der Waals surface area contributed by atoms with Gasteiger partial charge in [-0.1, -0.05) is 0 Å². The second kappa shape index (κ2) is 5.68. The molecule has 7 heteroatoms. The number of amides is 1. The summed E-state index contributed by atoms with van der Waals surface area (Å²) in [5.74, 6) is -0.759. The topological polar surface area (TPSA) is 115 Å². The number of carbonyl (C=O) groups is 2. The third kappa shape index (κ3) is 3.53. The van der Waals surface area contributed by atoms with Crippen molar-refractivity contribution < 1.29 is 14.5 Å². The van der Waals surface area contributed by atoms with Gasteiger partial charge in [0.05, 0.1) is 10.3 Å². The highest BCUT2D eigenvalue weighted by molar-refractivity contribution is 5.95. The van der Waals surface area contributed by atoms with Gasteiger partial charge in [-0.05, 0) is 32.9 Å². The SMILES string of the molecule is CC(=O)c1ccc(NCC(C)(C)C(N)=O)c([N+](=O)[O-])c1. The predicted molar refractivity (Wildman–Crippen MR) is 74.6 cm³/mol. The maximum atomic E-state index is 11.2. The van der Waals surface area contributed by atoms with Crippen LogP contribution in [0.3, 0.4) is 0 Å². The third-order valence-electron chi connectivity index (χ3n) is 2.99. The number of carbonyl (C=O) groups excluding carboxylic acids is 2. The number of hydrogen-bond donors (Lipinski definition) is 2. The number of anilines is 1. The van der Waals surface area contributed by atoms with E-state index in [1.807, 2.05) is 0 Å². The Morgan fingerprint density at radius 3 is 2.45 bits per heavy atom. The lowest BCUT2D eigenvalue weighted by Crippen LogP contribution is -2.37. The van der Waals surface area contributed by atoms with E-state index < -0.39 is 16.2 Å². The molecule has 0 radical (unpaired) electrons. The first-order chi connectivity index (χ1) is 9.15. The number of Topliss-reactive ketones (excluding diaryl/α,β-unsaturated/α-hetero) is 1. The average Bonchev–Trinajstić information content (AvgIpc) is 2.35. The number of ketones is 1. The monoisotopic (exact) mass is 279 g/mol. The van der Waals surface area contributed by atoms with Crippen molar-refractivity contribution in [2.75, 3.05) is 11.9 Å². The molecule has 0 aliphatic rings. The molecule has 0 fully saturated rings. The van der Waals surface area contributed by atoms with E-state index in [0.29, 0.717) is 0 Å². The van der Waals surface area contributed by atoms with Gasteiger partial charge in [0.15, 0.2) is 5.78 Å². The number of nitrogens with two attached hydrogens (primary N) is 1. The molecule has 0 aliphatic carbocycles. The number of nitrogens with one attached hydrogen (secondary N) is 1.